The zero-order valence-electron chi connectivity index (χ0n) is 11.4. The molecule has 0 spiro atoms. The van der Waals surface area contributed by atoms with Crippen LogP contribution in [0.2, 0.25) is 0 Å². The van der Waals surface area contributed by atoms with Gasteiger partial charge in [0.1, 0.15) is 0 Å². The normalized spacial score (nSPS) is 17.3. The highest BCUT2D eigenvalue weighted by Gasteiger charge is 2.33. The number of nitrogens with zero attached hydrogens (tertiary/aromatic N) is 3. The van der Waals surface area contributed by atoms with E-state index in [9.17, 15) is 0 Å². The van der Waals surface area contributed by atoms with Gasteiger partial charge in [0.25, 0.3) is 0 Å². The first-order valence-electron chi connectivity index (χ1n) is 6.96. The van der Waals surface area contributed by atoms with Crippen LogP contribution in [0.1, 0.15) is 44.3 Å². The largest absolute Gasteiger partial charge is 0.338 e. The summed E-state index contributed by atoms with van der Waals surface area (Å²) < 4.78 is 5.28. The summed E-state index contributed by atoms with van der Waals surface area (Å²) in [5, 5.41) is 4.01. The topological polar surface area (TPSA) is 68.2 Å². The van der Waals surface area contributed by atoms with Crippen LogP contribution in [0.5, 0.6) is 0 Å². The maximum absolute atomic E-state index is 5.83. The molecule has 0 radical (unpaired) electrons. The zero-order valence-corrected chi connectivity index (χ0v) is 11.4. The van der Waals surface area contributed by atoms with Crippen LogP contribution in [0.15, 0.2) is 4.52 Å². The molecule has 1 aromatic heterocycles. The monoisotopic (exact) mass is 252 g/mol. The van der Waals surface area contributed by atoms with Crippen molar-refractivity contribution in [1.82, 2.24) is 15.0 Å². The number of rotatable bonds is 8. The van der Waals surface area contributed by atoms with E-state index in [0.717, 1.165) is 31.0 Å². The minimum atomic E-state index is 0.455. The molecule has 0 saturated heterocycles. The summed E-state index contributed by atoms with van der Waals surface area (Å²) in [6, 6.07) is 0.455. The second-order valence-electron chi connectivity index (χ2n) is 5.26. The molecule has 18 heavy (non-hydrogen) atoms. The molecule has 1 fully saturated rings. The maximum atomic E-state index is 5.83. The van der Waals surface area contributed by atoms with Crippen molar-refractivity contribution >= 4 is 0 Å². The lowest BCUT2D eigenvalue weighted by molar-refractivity contribution is 0.189. The van der Waals surface area contributed by atoms with Gasteiger partial charge in [-0.1, -0.05) is 18.5 Å². The molecule has 0 amide bonds. The van der Waals surface area contributed by atoms with Gasteiger partial charge in [0.2, 0.25) is 5.89 Å². The molecule has 5 heteroatoms. The summed E-state index contributed by atoms with van der Waals surface area (Å²) in [5.41, 5.74) is 5.83. The van der Waals surface area contributed by atoms with Crippen LogP contribution in [-0.2, 0) is 13.0 Å². The molecule has 1 atom stereocenters. The Bertz CT molecular complexity index is 362. The first-order chi connectivity index (χ1) is 8.74. The van der Waals surface area contributed by atoms with E-state index in [4.69, 9.17) is 10.3 Å². The average molecular weight is 252 g/mol. The second kappa shape index (κ2) is 6.29. The molecule has 1 unspecified atom stereocenters. The van der Waals surface area contributed by atoms with E-state index in [1.807, 2.05) is 0 Å². The summed E-state index contributed by atoms with van der Waals surface area (Å²) in [5.74, 6) is 2.31. The number of likely N-dealkylation sites (N-methyl/N-ethyl adjacent to an activating group) is 1. The number of aromatic nitrogens is 2. The van der Waals surface area contributed by atoms with Gasteiger partial charge in [0.05, 0.1) is 6.54 Å². The molecular weight excluding hydrogens is 228 g/mol. The minimum absolute atomic E-state index is 0.455. The lowest BCUT2D eigenvalue weighted by Gasteiger charge is -2.25. The van der Waals surface area contributed by atoms with Gasteiger partial charge < -0.3 is 10.3 Å². The van der Waals surface area contributed by atoms with E-state index in [-0.39, 0.29) is 0 Å². The number of hydrogen-bond donors (Lipinski definition) is 1. The third kappa shape index (κ3) is 3.53. The second-order valence-corrected chi connectivity index (χ2v) is 5.26. The van der Waals surface area contributed by atoms with Crippen molar-refractivity contribution < 1.29 is 4.52 Å². The van der Waals surface area contributed by atoms with Crippen LogP contribution >= 0.6 is 0 Å². The number of aryl methyl sites for hydroxylation is 1. The van der Waals surface area contributed by atoms with Gasteiger partial charge in [-0.15, -0.1) is 0 Å². The Morgan fingerprint density at radius 1 is 1.50 bits per heavy atom. The lowest BCUT2D eigenvalue weighted by Crippen LogP contribution is -2.39. The maximum Gasteiger partial charge on any atom is 0.240 e. The van der Waals surface area contributed by atoms with E-state index in [1.165, 1.54) is 12.8 Å². The molecule has 0 bridgehead atoms. The fourth-order valence-electron chi connectivity index (χ4n) is 2.33. The van der Waals surface area contributed by atoms with Gasteiger partial charge in [-0.05, 0) is 32.2 Å². The minimum Gasteiger partial charge on any atom is -0.338 e. The van der Waals surface area contributed by atoms with E-state index in [0.29, 0.717) is 25.0 Å². The molecular formula is C13H24N4O. The molecule has 102 valence electrons. The molecule has 2 N–H and O–H groups in total. The van der Waals surface area contributed by atoms with Crippen molar-refractivity contribution in [2.24, 2.45) is 11.7 Å². The molecule has 1 aromatic rings. The molecule has 2 rings (SSSR count). The van der Waals surface area contributed by atoms with Crippen LogP contribution in [0.3, 0.4) is 0 Å². The number of nitrogens with two attached hydrogens (primary N) is 1. The highest BCUT2D eigenvalue weighted by molar-refractivity contribution is 4.91. The molecule has 1 heterocycles. The summed E-state index contributed by atoms with van der Waals surface area (Å²) in [7, 11) is 2.09. The van der Waals surface area contributed by atoms with Crippen molar-refractivity contribution in [3.8, 4) is 0 Å². The quantitative estimate of drug-likeness (QED) is 0.761. The van der Waals surface area contributed by atoms with Gasteiger partial charge in [0.15, 0.2) is 5.82 Å². The van der Waals surface area contributed by atoms with Gasteiger partial charge in [-0.2, -0.15) is 4.98 Å². The van der Waals surface area contributed by atoms with Crippen molar-refractivity contribution in [1.29, 1.82) is 0 Å². The molecule has 1 aliphatic carbocycles. The Morgan fingerprint density at radius 3 is 2.89 bits per heavy atom. The Balaban J connectivity index is 1.85. The van der Waals surface area contributed by atoms with Crippen molar-refractivity contribution in [2.45, 2.75) is 51.6 Å². The van der Waals surface area contributed by atoms with E-state index < -0.39 is 0 Å². The molecule has 0 aromatic carbocycles. The van der Waals surface area contributed by atoms with Gasteiger partial charge in [-0.25, -0.2) is 0 Å². The van der Waals surface area contributed by atoms with Gasteiger partial charge in [-0.3, -0.25) is 4.90 Å². The molecule has 1 aliphatic rings. The van der Waals surface area contributed by atoms with Crippen LogP contribution in [0.4, 0.5) is 0 Å². The van der Waals surface area contributed by atoms with Gasteiger partial charge in [0, 0.05) is 19.0 Å². The Kier molecular flexibility index (Phi) is 4.72. The zero-order chi connectivity index (χ0) is 13.0. The predicted molar refractivity (Wildman–Crippen MR) is 69.9 cm³/mol. The first-order valence-corrected chi connectivity index (χ1v) is 6.96. The summed E-state index contributed by atoms with van der Waals surface area (Å²) in [4.78, 5) is 6.67. The fraction of sp³-hybridized carbons (Fsp3) is 0.846. The Labute approximate surface area is 109 Å². The van der Waals surface area contributed by atoms with Gasteiger partial charge >= 0.3 is 0 Å². The SMILES string of the molecule is CCCCc1noc(CN(C)C(CN)C2CC2)n1. The highest BCUT2D eigenvalue weighted by atomic mass is 16.5. The lowest BCUT2D eigenvalue weighted by atomic mass is 10.1. The Morgan fingerprint density at radius 2 is 2.28 bits per heavy atom. The number of hydrogen-bond acceptors (Lipinski definition) is 5. The Hall–Kier alpha value is -0.940. The van der Waals surface area contributed by atoms with Crippen LogP contribution in [0, 0.1) is 5.92 Å². The van der Waals surface area contributed by atoms with Crippen molar-refractivity contribution in [2.75, 3.05) is 13.6 Å². The molecule has 0 aliphatic heterocycles. The van der Waals surface area contributed by atoms with E-state index in [2.05, 4.69) is 29.0 Å². The molecule has 1 saturated carbocycles. The first kappa shape index (κ1) is 13.5. The predicted octanol–water partition coefficient (Wildman–Crippen LogP) is 1.58. The highest BCUT2D eigenvalue weighted by Crippen LogP contribution is 2.34. The van der Waals surface area contributed by atoms with E-state index >= 15 is 0 Å². The summed E-state index contributed by atoms with van der Waals surface area (Å²) in [6.07, 6.45) is 5.78. The standard InChI is InChI=1S/C13H24N4O/c1-3-4-5-12-15-13(18-16-12)9-17(2)11(8-14)10-6-7-10/h10-11H,3-9,14H2,1-2H3. The van der Waals surface area contributed by atoms with Crippen LogP contribution in [0.25, 0.3) is 0 Å². The third-order valence-corrected chi connectivity index (χ3v) is 3.62. The number of unbranched alkanes of at least 4 members (excludes halogenated alkanes) is 1. The van der Waals surface area contributed by atoms with Crippen LogP contribution in [-0.4, -0.2) is 34.7 Å². The third-order valence-electron chi connectivity index (χ3n) is 3.62. The summed E-state index contributed by atoms with van der Waals surface area (Å²) >= 11 is 0. The van der Waals surface area contributed by atoms with Crippen molar-refractivity contribution in [3.05, 3.63) is 11.7 Å². The van der Waals surface area contributed by atoms with Crippen LogP contribution < -0.4 is 5.73 Å². The summed E-state index contributed by atoms with van der Waals surface area (Å²) in [6.45, 7) is 3.58. The van der Waals surface area contributed by atoms with Crippen molar-refractivity contribution in [3.63, 3.8) is 0 Å². The average Bonchev–Trinajstić information content (AvgIpc) is 3.08. The fourth-order valence-corrected chi connectivity index (χ4v) is 2.33. The molecule has 5 nitrogen and oxygen atoms in total. The smallest absolute Gasteiger partial charge is 0.240 e. The van der Waals surface area contributed by atoms with E-state index in [1.54, 1.807) is 0 Å².